The van der Waals surface area contributed by atoms with Crippen molar-refractivity contribution in [1.82, 2.24) is 15.1 Å². The number of carbonyl (C=O) groups excluding carboxylic acids is 1. The molecule has 124 valence electrons. The molecule has 0 spiro atoms. The minimum Gasteiger partial charge on any atom is -0.485 e. The highest BCUT2D eigenvalue weighted by atomic mass is 32.1. The second-order valence-electron chi connectivity index (χ2n) is 5.20. The third-order valence-electron chi connectivity index (χ3n) is 3.08. The predicted molar refractivity (Wildman–Crippen MR) is 89.0 cm³/mol. The van der Waals surface area contributed by atoms with Gasteiger partial charge in [-0.2, -0.15) is 0 Å². The SMILES string of the molecule is Cc1ccc(OCc2nc(CC(=O)Nc3cc(C)on3)cs2)cn1. The molecule has 3 rings (SSSR count). The van der Waals surface area contributed by atoms with Crippen LogP contribution in [0.2, 0.25) is 0 Å². The Morgan fingerprint density at radius 2 is 2.25 bits per heavy atom. The number of anilines is 1. The normalized spacial score (nSPS) is 10.6. The number of rotatable bonds is 6. The second kappa shape index (κ2) is 7.22. The van der Waals surface area contributed by atoms with Crippen LogP contribution in [0.25, 0.3) is 0 Å². The molecule has 0 saturated heterocycles. The van der Waals surface area contributed by atoms with Crippen molar-refractivity contribution in [2.24, 2.45) is 0 Å². The van der Waals surface area contributed by atoms with Crippen molar-refractivity contribution in [1.29, 1.82) is 0 Å². The van der Waals surface area contributed by atoms with E-state index in [9.17, 15) is 4.79 Å². The molecule has 3 aromatic rings. The minimum absolute atomic E-state index is 0.175. The second-order valence-corrected chi connectivity index (χ2v) is 6.15. The maximum absolute atomic E-state index is 11.9. The van der Waals surface area contributed by atoms with Crippen molar-refractivity contribution >= 4 is 23.1 Å². The minimum atomic E-state index is -0.191. The summed E-state index contributed by atoms with van der Waals surface area (Å²) in [6.45, 7) is 4.03. The zero-order valence-corrected chi connectivity index (χ0v) is 14.1. The summed E-state index contributed by atoms with van der Waals surface area (Å²) in [5, 5.41) is 9.03. The number of amides is 1. The molecule has 0 aliphatic heterocycles. The van der Waals surface area contributed by atoms with Gasteiger partial charge in [-0.3, -0.25) is 9.78 Å². The van der Waals surface area contributed by atoms with E-state index >= 15 is 0 Å². The lowest BCUT2D eigenvalue weighted by Gasteiger charge is -2.03. The lowest BCUT2D eigenvalue weighted by atomic mass is 10.3. The van der Waals surface area contributed by atoms with E-state index in [2.05, 4.69) is 20.4 Å². The van der Waals surface area contributed by atoms with Crippen LogP contribution in [0, 0.1) is 13.8 Å². The molecule has 1 N–H and O–H groups in total. The van der Waals surface area contributed by atoms with Gasteiger partial charge in [0.1, 0.15) is 23.1 Å². The molecular weight excluding hydrogens is 328 g/mol. The topological polar surface area (TPSA) is 90.1 Å². The van der Waals surface area contributed by atoms with Crippen LogP contribution < -0.4 is 10.1 Å². The van der Waals surface area contributed by atoms with Crippen molar-refractivity contribution in [3.05, 3.63) is 51.9 Å². The van der Waals surface area contributed by atoms with Gasteiger partial charge in [0.2, 0.25) is 5.91 Å². The molecule has 0 saturated carbocycles. The van der Waals surface area contributed by atoms with E-state index in [-0.39, 0.29) is 12.3 Å². The van der Waals surface area contributed by atoms with Crippen molar-refractivity contribution < 1.29 is 14.1 Å². The van der Waals surface area contributed by atoms with Crippen LogP contribution in [0.1, 0.15) is 22.2 Å². The molecule has 1 amide bonds. The first-order valence-electron chi connectivity index (χ1n) is 7.30. The first kappa shape index (κ1) is 16.1. The number of aryl methyl sites for hydroxylation is 2. The number of hydrogen-bond acceptors (Lipinski definition) is 7. The zero-order valence-electron chi connectivity index (χ0n) is 13.3. The van der Waals surface area contributed by atoms with Gasteiger partial charge >= 0.3 is 0 Å². The maximum Gasteiger partial charge on any atom is 0.231 e. The fourth-order valence-corrected chi connectivity index (χ4v) is 2.66. The van der Waals surface area contributed by atoms with Gasteiger partial charge in [0.05, 0.1) is 18.3 Å². The van der Waals surface area contributed by atoms with E-state index in [1.807, 2.05) is 24.4 Å². The third-order valence-corrected chi connectivity index (χ3v) is 3.95. The Hall–Kier alpha value is -2.74. The average Bonchev–Trinajstić information content (AvgIpc) is 3.16. The highest BCUT2D eigenvalue weighted by Crippen LogP contribution is 2.16. The zero-order chi connectivity index (χ0) is 16.9. The molecule has 3 aromatic heterocycles. The summed E-state index contributed by atoms with van der Waals surface area (Å²) in [4.78, 5) is 20.5. The van der Waals surface area contributed by atoms with Crippen molar-refractivity contribution in [2.75, 3.05) is 5.32 Å². The van der Waals surface area contributed by atoms with E-state index < -0.39 is 0 Å². The highest BCUT2D eigenvalue weighted by molar-refractivity contribution is 7.09. The molecule has 0 bridgehead atoms. The lowest BCUT2D eigenvalue weighted by molar-refractivity contribution is -0.115. The molecule has 3 heterocycles. The van der Waals surface area contributed by atoms with Crippen molar-refractivity contribution in [3.8, 4) is 5.75 Å². The van der Waals surface area contributed by atoms with Crippen LogP contribution in [-0.4, -0.2) is 21.0 Å². The van der Waals surface area contributed by atoms with E-state index in [1.165, 1.54) is 11.3 Å². The Balaban J connectivity index is 1.51. The summed E-state index contributed by atoms with van der Waals surface area (Å²) in [7, 11) is 0. The number of carbonyl (C=O) groups is 1. The standard InChI is InChI=1S/C16H16N4O3S/c1-10-3-4-13(7-17-10)22-8-16-18-12(9-24-16)6-15(21)19-14-5-11(2)23-20-14/h3-5,7,9H,6,8H2,1-2H3,(H,19,20,21). The summed E-state index contributed by atoms with van der Waals surface area (Å²) in [5.74, 6) is 1.55. The van der Waals surface area contributed by atoms with Crippen LogP contribution in [0.3, 0.4) is 0 Å². The molecular formula is C16H16N4O3S. The Morgan fingerprint density at radius 3 is 2.96 bits per heavy atom. The van der Waals surface area contributed by atoms with E-state index in [0.29, 0.717) is 29.6 Å². The average molecular weight is 344 g/mol. The van der Waals surface area contributed by atoms with E-state index in [0.717, 1.165) is 10.7 Å². The monoisotopic (exact) mass is 344 g/mol. The van der Waals surface area contributed by atoms with Gasteiger partial charge in [-0.05, 0) is 26.0 Å². The number of pyridine rings is 1. The predicted octanol–water partition coefficient (Wildman–Crippen LogP) is 2.90. The van der Waals surface area contributed by atoms with Crippen LogP contribution >= 0.6 is 11.3 Å². The molecule has 0 radical (unpaired) electrons. The van der Waals surface area contributed by atoms with Crippen LogP contribution in [-0.2, 0) is 17.8 Å². The molecule has 0 atom stereocenters. The van der Waals surface area contributed by atoms with Gasteiger partial charge in [-0.15, -0.1) is 11.3 Å². The molecule has 7 nitrogen and oxygen atoms in total. The summed E-state index contributed by atoms with van der Waals surface area (Å²) in [5.41, 5.74) is 1.63. The number of nitrogens with one attached hydrogen (secondary N) is 1. The largest absolute Gasteiger partial charge is 0.485 e. The number of nitrogens with zero attached hydrogens (tertiary/aromatic N) is 3. The van der Waals surface area contributed by atoms with Crippen molar-refractivity contribution in [3.63, 3.8) is 0 Å². The lowest BCUT2D eigenvalue weighted by Crippen LogP contribution is -2.14. The Morgan fingerprint density at radius 1 is 1.38 bits per heavy atom. The van der Waals surface area contributed by atoms with Crippen LogP contribution in [0.15, 0.2) is 34.3 Å². The fraction of sp³-hybridized carbons (Fsp3) is 0.250. The van der Waals surface area contributed by atoms with Crippen LogP contribution in [0.5, 0.6) is 5.75 Å². The van der Waals surface area contributed by atoms with Gasteiger partial charge in [0.25, 0.3) is 0 Å². The van der Waals surface area contributed by atoms with Crippen LogP contribution in [0.4, 0.5) is 5.82 Å². The molecule has 24 heavy (non-hydrogen) atoms. The molecule has 0 aromatic carbocycles. The molecule has 0 unspecified atom stereocenters. The Bertz CT molecular complexity index is 826. The quantitative estimate of drug-likeness (QED) is 0.739. The van der Waals surface area contributed by atoms with Gasteiger partial charge < -0.3 is 14.6 Å². The number of aromatic nitrogens is 3. The van der Waals surface area contributed by atoms with Gasteiger partial charge in [0.15, 0.2) is 5.82 Å². The summed E-state index contributed by atoms with van der Waals surface area (Å²) >= 11 is 1.45. The Kier molecular flexibility index (Phi) is 4.85. The smallest absolute Gasteiger partial charge is 0.231 e. The maximum atomic E-state index is 11.9. The number of ether oxygens (including phenoxy) is 1. The van der Waals surface area contributed by atoms with Gasteiger partial charge in [0, 0.05) is 17.1 Å². The van der Waals surface area contributed by atoms with Crippen molar-refractivity contribution in [2.45, 2.75) is 26.9 Å². The summed E-state index contributed by atoms with van der Waals surface area (Å²) in [6, 6.07) is 5.41. The first-order valence-corrected chi connectivity index (χ1v) is 8.18. The van der Waals surface area contributed by atoms with E-state index in [4.69, 9.17) is 9.26 Å². The van der Waals surface area contributed by atoms with E-state index in [1.54, 1.807) is 19.2 Å². The molecule has 0 aliphatic rings. The summed E-state index contributed by atoms with van der Waals surface area (Å²) in [6.07, 6.45) is 1.85. The molecule has 0 fully saturated rings. The number of thiazole rings is 1. The van der Waals surface area contributed by atoms with Gasteiger partial charge in [-0.25, -0.2) is 4.98 Å². The fourth-order valence-electron chi connectivity index (χ4n) is 1.96. The highest BCUT2D eigenvalue weighted by Gasteiger charge is 2.10. The number of hydrogen-bond donors (Lipinski definition) is 1. The molecule has 0 aliphatic carbocycles. The summed E-state index contributed by atoms with van der Waals surface area (Å²) < 4.78 is 10.5. The third kappa shape index (κ3) is 4.39. The van der Waals surface area contributed by atoms with Gasteiger partial charge in [-0.1, -0.05) is 5.16 Å². The Labute approximate surface area is 142 Å². The molecule has 8 heteroatoms. The first-order chi connectivity index (χ1) is 11.6.